The molecule has 2 rings (SSSR count). The molecule has 0 radical (unpaired) electrons. The van der Waals surface area contributed by atoms with E-state index in [1.54, 1.807) is 0 Å². The van der Waals surface area contributed by atoms with Crippen LogP contribution in [0.2, 0.25) is 0 Å². The number of aliphatic hydroxyl groups excluding tert-OH is 1. The summed E-state index contributed by atoms with van der Waals surface area (Å²) in [4.78, 5) is 0. The third-order valence-electron chi connectivity index (χ3n) is 6.07. The van der Waals surface area contributed by atoms with Gasteiger partial charge in [0.1, 0.15) is 5.75 Å². The molecular formula is C23H38O2. The van der Waals surface area contributed by atoms with Crippen molar-refractivity contribution >= 4 is 0 Å². The quantitative estimate of drug-likeness (QED) is 0.543. The SMILES string of the molecule is CCCCCCCC(C)(C)c1ccc([C@H]2C[C@@H](C)C[C@@H](O)C2)c(O)c1. The molecular weight excluding hydrogens is 308 g/mol. The first kappa shape index (κ1) is 20.3. The standard InChI is InChI=1S/C23H38O2/c1-5-6-7-8-9-12-23(3,4)19-10-11-21(22(25)16-19)18-13-17(2)14-20(24)15-18/h10-11,16-18,20,24-25H,5-9,12-15H2,1-4H3/t17-,18+,20-/m1/s1. The molecule has 1 aliphatic rings. The van der Waals surface area contributed by atoms with Crippen LogP contribution in [0, 0.1) is 5.92 Å². The van der Waals surface area contributed by atoms with Gasteiger partial charge in [0, 0.05) is 0 Å². The summed E-state index contributed by atoms with van der Waals surface area (Å²) >= 11 is 0. The molecule has 1 aromatic carbocycles. The number of hydrogen-bond donors (Lipinski definition) is 2. The van der Waals surface area contributed by atoms with Crippen LogP contribution in [-0.2, 0) is 5.41 Å². The van der Waals surface area contributed by atoms with Gasteiger partial charge in [0.15, 0.2) is 0 Å². The van der Waals surface area contributed by atoms with E-state index in [2.05, 4.69) is 39.8 Å². The monoisotopic (exact) mass is 346 g/mol. The molecule has 1 fully saturated rings. The fourth-order valence-corrected chi connectivity index (χ4v) is 4.45. The topological polar surface area (TPSA) is 40.5 Å². The Morgan fingerprint density at radius 2 is 1.76 bits per heavy atom. The van der Waals surface area contributed by atoms with E-state index < -0.39 is 0 Å². The molecule has 2 nitrogen and oxygen atoms in total. The maximum absolute atomic E-state index is 10.6. The second-order valence-electron chi connectivity index (χ2n) is 8.98. The number of benzene rings is 1. The van der Waals surface area contributed by atoms with Gasteiger partial charge in [-0.15, -0.1) is 0 Å². The maximum Gasteiger partial charge on any atom is 0.119 e. The number of rotatable bonds is 8. The summed E-state index contributed by atoms with van der Waals surface area (Å²) in [5, 5.41) is 20.7. The van der Waals surface area contributed by atoms with Crippen LogP contribution in [0.4, 0.5) is 0 Å². The normalized spacial score (nSPS) is 24.4. The van der Waals surface area contributed by atoms with Crippen molar-refractivity contribution in [3.63, 3.8) is 0 Å². The van der Waals surface area contributed by atoms with Crippen molar-refractivity contribution in [3.8, 4) is 5.75 Å². The molecule has 0 saturated heterocycles. The van der Waals surface area contributed by atoms with Gasteiger partial charge >= 0.3 is 0 Å². The van der Waals surface area contributed by atoms with Gasteiger partial charge in [0.25, 0.3) is 0 Å². The van der Waals surface area contributed by atoms with E-state index in [0.717, 1.165) is 31.2 Å². The minimum atomic E-state index is -0.229. The Labute approximate surface area is 154 Å². The molecule has 25 heavy (non-hydrogen) atoms. The molecule has 0 spiro atoms. The number of hydrogen-bond acceptors (Lipinski definition) is 2. The number of aromatic hydroxyl groups is 1. The minimum Gasteiger partial charge on any atom is -0.508 e. The lowest BCUT2D eigenvalue weighted by Crippen LogP contribution is -2.24. The lowest BCUT2D eigenvalue weighted by atomic mass is 9.75. The molecule has 3 atom stereocenters. The largest absolute Gasteiger partial charge is 0.508 e. The van der Waals surface area contributed by atoms with E-state index in [1.165, 1.54) is 37.7 Å². The van der Waals surface area contributed by atoms with Crippen LogP contribution in [0.1, 0.15) is 103 Å². The van der Waals surface area contributed by atoms with Crippen molar-refractivity contribution in [1.82, 2.24) is 0 Å². The first-order valence-electron chi connectivity index (χ1n) is 10.3. The first-order chi connectivity index (χ1) is 11.8. The van der Waals surface area contributed by atoms with Gasteiger partial charge in [0.05, 0.1) is 6.10 Å². The fraction of sp³-hybridized carbons (Fsp3) is 0.739. The van der Waals surface area contributed by atoms with E-state index in [1.807, 2.05) is 6.07 Å². The van der Waals surface area contributed by atoms with Crippen molar-refractivity contribution < 1.29 is 10.2 Å². The predicted molar refractivity (Wildman–Crippen MR) is 106 cm³/mol. The smallest absolute Gasteiger partial charge is 0.119 e. The van der Waals surface area contributed by atoms with E-state index in [4.69, 9.17) is 0 Å². The summed E-state index contributed by atoms with van der Waals surface area (Å²) in [6.45, 7) is 9.02. The molecule has 2 heteroatoms. The van der Waals surface area contributed by atoms with E-state index in [0.29, 0.717) is 11.7 Å². The summed E-state index contributed by atoms with van der Waals surface area (Å²) < 4.78 is 0. The molecule has 0 aliphatic heterocycles. The molecule has 1 saturated carbocycles. The average molecular weight is 347 g/mol. The summed E-state index contributed by atoms with van der Waals surface area (Å²) in [7, 11) is 0. The second kappa shape index (κ2) is 9.07. The first-order valence-corrected chi connectivity index (χ1v) is 10.3. The van der Waals surface area contributed by atoms with E-state index in [9.17, 15) is 10.2 Å². The Bertz CT molecular complexity index is 525. The Morgan fingerprint density at radius 1 is 1.04 bits per heavy atom. The summed E-state index contributed by atoms with van der Waals surface area (Å²) in [5.41, 5.74) is 2.35. The highest BCUT2D eigenvalue weighted by molar-refractivity contribution is 5.41. The summed E-state index contributed by atoms with van der Waals surface area (Å²) in [5.74, 6) is 1.22. The van der Waals surface area contributed by atoms with Crippen molar-refractivity contribution in [3.05, 3.63) is 29.3 Å². The van der Waals surface area contributed by atoms with Crippen LogP contribution >= 0.6 is 0 Å². The molecule has 1 aromatic rings. The number of unbranched alkanes of at least 4 members (excludes halogenated alkanes) is 4. The lowest BCUT2D eigenvalue weighted by molar-refractivity contribution is 0.0940. The third-order valence-corrected chi connectivity index (χ3v) is 6.07. The Kier molecular flexibility index (Phi) is 7.37. The molecule has 2 N–H and O–H groups in total. The third kappa shape index (κ3) is 5.74. The van der Waals surface area contributed by atoms with Gasteiger partial charge in [-0.25, -0.2) is 0 Å². The predicted octanol–water partition coefficient (Wildman–Crippen LogP) is 6.29. The van der Waals surface area contributed by atoms with Gasteiger partial charge in [-0.3, -0.25) is 0 Å². The van der Waals surface area contributed by atoms with Crippen molar-refractivity contribution in [2.45, 2.75) is 103 Å². The van der Waals surface area contributed by atoms with Crippen LogP contribution in [-0.4, -0.2) is 16.3 Å². The fourth-order valence-electron chi connectivity index (χ4n) is 4.45. The summed E-state index contributed by atoms with van der Waals surface area (Å²) in [6, 6.07) is 6.29. The Hall–Kier alpha value is -1.02. The van der Waals surface area contributed by atoms with E-state index in [-0.39, 0.29) is 17.4 Å². The van der Waals surface area contributed by atoms with Crippen LogP contribution in [0.3, 0.4) is 0 Å². The highest BCUT2D eigenvalue weighted by atomic mass is 16.3. The Morgan fingerprint density at radius 3 is 2.40 bits per heavy atom. The highest BCUT2D eigenvalue weighted by Gasteiger charge is 2.29. The molecule has 0 amide bonds. The van der Waals surface area contributed by atoms with Gasteiger partial charge in [-0.2, -0.15) is 0 Å². The van der Waals surface area contributed by atoms with Gasteiger partial charge in [-0.05, 0) is 60.1 Å². The molecule has 142 valence electrons. The molecule has 1 aliphatic carbocycles. The highest BCUT2D eigenvalue weighted by Crippen LogP contribution is 2.41. The zero-order chi connectivity index (χ0) is 18.4. The average Bonchev–Trinajstić information content (AvgIpc) is 2.53. The molecule has 0 unspecified atom stereocenters. The minimum absolute atomic E-state index is 0.0988. The van der Waals surface area contributed by atoms with Crippen LogP contribution < -0.4 is 0 Å². The van der Waals surface area contributed by atoms with E-state index >= 15 is 0 Å². The zero-order valence-electron chi connectivity index (χ0n) is 16.7. The van der Waals surface area contributed by atoms with Crippen molar-refractivity contribution in [2.24, 2.45) is 5.92 Å². The van der Waals surface area contributed by atoms with Gasteiger partial charge in [-0.1, -0.05) is 71.9 Å². The number of phenols is 1. The number of phenolic OH excluding ortho intramolecular Hbond substituents is 1. The molecule has 0 bridgehead atoms. The van der Waals surface area contributed by atoms with Crippen LogP contribution in [0.15, 0.2) is 18.2 Å². The molecule has 0 heterocycles. The maximum atomic E-state index is 10.6. The summed E-state index contributed by atoms with van der Waals surface area (Å²) in [6.07, 6.45) is 10.2. The van der Waals surface area contributed by atoms with Crippen LogP contribution in [0.25, 0.3) is 0 Å². The van der Waals surface area contributed by atoms with Crippen LogP contribution in [0.5, 0.6) is 5.75 Å². The molecule has 0 aromatic heterocycles. The second-order valence-corrected chi connectivity index (χ2v) is 8.98. The van der Waals surface area contributed by atoms with Crippen molar-refractivity contribution in [2.75, 3.05) is 0 Å². The van der Waals surface area contributed by atoms with Gasteiger partial charge in [0.2, 0.25) is 0 Å². The zero-order valence-corrected chi connectivity index (χ0v) is 16.7. The lowest BCUT2D eigenvalue weighted by Gasteiger charge is -2.32. The van der Waals surface area contributed by atoms with Crippen molar-refractivity contribution in [1.29, 1.82) is 0 Å². The number of aliphatic hydroxyl groups is 1. The Balaban J connectivity index is 2.02. The van der Waals surface area contributed by atoms with Gasteiger partial charge < -0.3 is 10.2 Å².